The summed E-state index contributed by atoms with van der Waals surface area (Å²) in [6.45, 7) is 4.44. The molecule has 0 radical (unpaired) electrons. The average Bonchev–Trinajstić information content (AvgIpc) is 2.29. The number of hydrogen-bond acceptors (Lipinski definition) is 2. The lowest BCUT2D eigenvalue weighted by Gasteiger charge is -2.21. The zero-order valence-corrected chi connectivity index (χ0v) is 12.0. The highest BCUT2D eigenvalue weighted by atomic mass is 79.9. The fourth-order valence-electron chi connectivity index (χ4n) is 1.67. The molecule has 5 heteroatoms. The van der Waals surface area contributed by atoms with E-state index < -0.39 is 5.97 Å². The Balaban J connectivity index is 2.86. The van der Waals surface area contributed by atoms with E-state index >= 15 is 0 Å². The molecule has 18 heavy (non-hydrogen) atoms. The smallest absolute Gasteiger partial charge is 0.305 e. The maximum atomic E-state index is 12.2. The van der Waals surface area contributed by atoms with Crippen molar-refractivity contribution in [3.8, 4) is 0 Å². The van der Waals surface area contributed by atoms with Gasteiger partial charge >= 0.3 is 5.97 Å². The van der Waals surface area contributed by atoms with Crippen LogP contribution < -0.4 is 0 Å². The minimum Gasteiger partial charge on any atom is -0.481 e. The summed E-state index contributed by atoms with van der Waals surface area (Å²) >= 11 is 3.35. The molecule has 4 nitrogen and oxygen atoms in total. The van der Waals surface area contributed by atoms with Gasteiger partial charge in [-0.3, -0.25) is 9.59 Å². The topological polar surface area (TPSA) is 57.6 Å². The third-order valence-electron chi connectivity index (χ3n) is 2.68. The van der Waals surface area contributed by atoms with Crippen LogP contribution in [0.2, 0.25) is 0 Å². The van der Waals surface area contributed by atoms with Crippen LogP contribution in [-0.4, -0.2) is 35.0 Å². The Kier molecular flexibility index (Phi) is 5.34. The summed E-state index contributed by atoms with van der Waals surface area (Å²) in [6, 6.07) is 5.44. The highest BCUT2D eigenvalue weighted by molar-refractivity contribution is 9.10. The molecule has 0 saturated carbocycles. The SMILES string of the molecule is CCN(CCC(=O)O)C(=O)c1ccc(Br)cc1C. The lowest BCUT2D eigenvalue weighted by molar-refractivity contribution is -0.137. The van der Waals surface area contributed by atoms with Gasteiger partial charge < -0.3 is 10.0 Å². The molecule has 1 rings (SSSR count). The van der Waals surface area contributed by atoms with E-state index in [2.05, 4.69) is 15.9 Å². The Bertz CT molecular complexity index is 460. The summed E-state index contributed by atoms with van der Waals surface area (Å²) in [4.78, 5) is 24.3. The van der Waals surface area contributed by atoms with Crippen LogP contribution in [0.5, 0.6) is 0 Å². The van der Waals surface area contributed by atoms with Crippen molar-refractivity contribution in [2.75, 3.05) is 13.1 Å². The van der Waals surface area contributed by atoms with Crippen LogP contribution in [0.1, 0.15) is 29.3 Å². The minimum absolute atomic E-state index is 0.0326. The Morgan fingerprint density at radius 1 is 1.39 bits per heavy atom. The van der Waals surface area contributed by atoms with Crippen molar-refractivity contribution in [1.29, 1.82) is 0 Å². The van der Waals surface area contributed by atoms with Gasteiger partial charge in [0, 0.05) is 23.1 Å². The summed E-state index contributed by atoms with van der Waals surface area (Å²) < 4.78 is 0.921. The van der Waals surface area contributed by atoms with Crippen LogP contribution >= 0.6 is 15.9 Å². The van der Waals surface area contributed by atoms with Crippen LogP contribution in [0.25, 0.3) is 0 Å². The van der Waals surface area contributed by atoms with Crippen molar-refractivity contribution < 1.29 is 14.7 Å². The van der Waals surface area contributed by atoms with Crippen LogP contribution in [0, 0.1) is 6.92 Å². The second-order valence-corrected chi connectivity index (χ2v) is 4.90. The van der Waals surface area contributed by atoms with E-state index in [1.54, 1.807) is 11.0 Å². The first-order valence-corrected chi connectivity index (χ1v) is 6.52. The maximum absolute atomic E-state index is 12.2. The van der Waals surface area contributed by atoms with E-state index in [0.717, 1.165) is 10.0 Å². The summed E-state index contributed by atoms with van der Waals surface area (Å²) in [7, 11) is 0. The van der Waals surface area contributed by atoms with Gasteiger partial charge in [-0.05, 0) is 37.6 Å². The molecule has 0 aliphatic rings. The molecule has 0 spiro atoms. The predicted molar refractivity (Wildman–Crippen MR) is 72.7 cm³/mol. The lowest BCUT2D eigenvalue weighted by atomic mass is 10.1. The number of rotatable bonds is 5. The molecule has 0 bridgehead atoms. The van der Waals surface area contributed by atoms with Crippen molar-refractivity contribution in [2.45, 2.75) is 20.3 Å². The first-order valence-electron chi connectivity index (χ1n) is 5.73. The van der Waals surface area contributed by atoms with Gasteiger partial charge in [-0.2, -0.15) is 0 Å². The van der Waals surface area contributed by atoms with Gasteiger partial charge in [0.25, 0.3) is 5.91 Å². The van der Waals surface area contributed by atoms with Gasteiger partial charge in [-0.15, -0.1) is 0 Å². The molecular formula is C13H16BrNO3. The number of hydrogen-bond donors (Lipinski definition) is 1. The number of aryl methyl sites for hydroxylation is 1. The number of carbonyl (C=O) groups excluding carboxylic acids is 1. The van der Waals surface area contributed by atoms with Crippen LogP contribution in [0.3, 0.4) is 0 Å². The second kappa shape index (κ2) is 6.54. The van der Waals surface area contributed by atoms with Crippen molar-refractivity contribution >= 4 is 27.8 Å². The number of halogens is 1. The highest BCUT2D eigenvalue weighted by Gasteiger charge is 2.16. The molecule has 1 aromatic carbocycles. The predicted octanol–water partition coefficient (Wildman–Crippen LogP) is 2.69. The standard InChI is InChI=1S/C13H16BrNO3/c1-3-15(7-6-12(16)17)13(18)11-5-4-10(14)8-9(11)2/h4-5,8H,3,6-7H2,1-2H3,(H,16,17). The van der Waals surface area contributed by atoms with Gasteiger partial charge in [-0.25, -0.2) is 0 Å². The largest absolute Gasteiger partial charge is 0.481 e. The third kappa shape index (κ3) is 3.84. The molecule has 0 saturated heterocycles. The molecule has 1 amide bonds. The quantitative estimate of drug-likeness (QED) is 0.909. The average molecular weight is 314 g/mol. The molecule has 0 unspecified atom stereocenters. The van der Waals surface area contributed by atoms with E-state index in [9.17, 15) is 9.59 Å². The fraction of sp³-hybridized carbons (Fsp3) is 0.385. The third-order valence-corrected chi connectivity index (χ3v) is 3.18. The van der Waals surface area contributed by atoms with Gasteiger partial charge in [-0.1, -0.05) is 15.9 Å². The molecular weight excluding hydrogens is 298 g/mol. The van der Waals surface area contributed by atoms with Crippen molar-refractivity contribution in [1.82, 2.24) is 4.90 Å². The monoisotopic (exact) mass is 313 g/mol. The van der Waals surface area contributed by atoms with E-state index in [4.69, 9.17) is 5.11 Å². The second-order valence-electron chi connectivity index (χ2n) is 3.99. The number of carboxylic acids is 1. The van der Waals surface area contributed by atoms with Crippen LogP contribution in [-0.2, 0) is 4.79 Å². The van der Waals surface area contributed by atoms with E-state index in [1.807, 2.05) is 26.0 Å². The molecule has 0 aliphatic carbocycles. The number of benzene rings is 1. The van der Waals surface area contributed by atoms with Crippen molar-refractivity contribution in [3.63, 3.8) is 0 Å². The van der Waals surface area contributed by atoms with Gasteiger partial charge in [0.15, 0.2) is 0 Å². The van der Waals surface area contributed by atoms with Gasteiger partial charge in [0.05, 0.1) is 6.42 Å². The lowest BCUT2D eigenvalue weighted by Crippen LogP contribution is -2.33. The highest BCUT2D eigenvalue weighted by Crippen LogP contribution is 2.17. The zero-order valence-electron chi connectivity index (χ0n) is 10.4. The first-order chi connectivity index (χ1) is 8.45. The number of nitrogens with zero attached hydrogens (tertiary/aromatic N) is 1. The van der Waals surface area contributed by atoms with Crippen LogP contribution in [0.4, 0.5) is 0 Å². The number of amides is 1. The van der Waals surface area contributed by atoms with Crippen LogP contribution in [0.15, 0.2) is 22.7 Å². The molecule has 0 aromatic heterocycles. The summed E-state index contributed by atoms with van der Waals surface area (Å²) in [5.74, 6) is -1.02. The Labute approximate surface area is 115 Å². The maximum Gasteiger partial charge on any atom is 0.305 e. The van der Waals surface area contributed by atoms with E-state index in [0.29, 0.717) is 12.1 Å². The number of carbonyl (C=O) groups is 2. The number of aliphatic carboxylic acids is 1. The zero-order chi connectivity index (χ0) is 13.7. The molecule has 0 heterocycles. The fourth-order valence-corrected chi connectivity index (χ4v) is 2.15. The Morgan fingerprint density at radius 2 is 2.06 bits per heavy atom. The van der Waals surface area contributed by atoms with E-state index in [-0.39, 0.29) is 18.9 Å². The normalized spacial score (nSPS) is 10.2. The molecule has 0 fully saturated rings. The summed E-state index contributed by atoms with van der Waals surface area (Å²) in [6.07, 6.45) is -0.0326. The van der Waals surface area contributed by atoms with Gasteiger partial charge in [0.1, 0.15) is 0 Å². The number of carboxylic acid groups (broad SMARTS) is 1. The molecule has 0 atom stereocenters. The molecule has 0 aliphatic heterocycles. The first kappa shape index (κ1) is 14.7. The Hall–Kier alpha value is -1.36. The van der Waals surface area contributed by atoms with Crippen molar-refractivity contribution in [3.05, 3.63) is 33.8 Å². The molecule has 1 aromatic rings. The molecule has 1 N–H and O–H groups in total. The Morgan fingerprint density at radius 3 is 2.56 bits per heavy atom. The van der Waals surface area contributed by atoms with E-state index in [1.165, 1.54) is 0 Å². The summed E-state index contributed by atoms with van der Waals surface area (Å²) in [5, 5.41) is 8.66. The summed E-state index contributed by atoms with van der Waals surface area (Å²) in [5.41, 5.74) is 1.49. The van der Waals surface area contributed by atoms with Gasteiger partial charge in [0.2, 0.25) is 0 Å². The molecule has 98 valence electrons. The minimum atomic E-state index is -0.895. The van der Waals surface area contributed by atoms with Crippen molar-refractivity contribution in [2.24, 2.45) is 0 Å².